The number of aromatic nitrogens is 2. The van der Waals surface area contributed by atoms with Gasteiger partial charge in [-0.3, -0.25) is 4.79 Å². The summed E-state index contributed by atoms with van der Waals surface area (Å²) in [5.41, 5.74) is 1.24. The van der Waals surface area contributed by atoms with E-state index >= 15 is 0 Å². The molecule has 7 heteroatoms. The van der Waals surface area contributed by atoms with E-state index in [9.17, 15) is 4.79 Å². The fourth-order valence-electron chi connectivity index (χ4n) is 2.14. The number of hydrogen-bond donors (Lipinski definition) is 2. The highest BCUT2D eigenvalue weighted by atomic mass is 32.2. The topological polar surface area (TPSA) is 76.1 Å². The van der Waals surface area contributed by atoms with Crippen LogP contribution in [0.1, 0.15) is 5.56 Å². The number of carbonyl (C=O) groups is 1. The Kier molecular flexibility index (Phi) is 5.57. The van der Waals surface area contributed by atoms with Crippen molar-refractivity contribution < 1.29 is 9.53 Å². The van der Waals surface area contributed by atoms with E-state index in [1.165, 1.54) is 5.56 Å². The molecule has 0 bridgehead atoms. The summed E-state index contributed by atoms with van der Waals surface area (Å²) in [5, 5.41) is 14.9. The molecule has 1 aromatic carbocycles. The van der Waals surface area contributed by atoms with Gasteiger partial charge in [0.1, 0.15) is 11.1 Å². The number of amides is 1. The van der Waals surface area contributed by atoms with Crippen LogP contribution in [0.5, 0.6) is 0 Å². The molecular formula is C16H18N4O2S. The van der Waals surface area contributed by atoms with Crippen LogP contribution < -0.4 is 10.6 Å². The lowest BCUT2D eigenvalue weighted by molar-refractivity contribution is -0.120. The van der Waals surface area contributed by atoms with Crippen molar-refractivity contribution in [3.8, 4) is 0 Å². The third kappa shape index (κ3) is 4.75. The standard InChI is InChI=1S/C16H18N4O2S/c21-16(13-10-22-9-8-17-13)18-14-6-7-15(20-19-14)23-11-12-4-2-1-3-5-12/h1-7,13,17H,8-11H2,(H,18,19,21)/t13-/m1/s1. The second-order valence-electron chi connectivity index (χ2n) is 5.10. The third-order valence-electron chi connectivity index (χ3n) is 3.36. The molecule has 0 saturated carbocycles. The third-order valence-corrected chi connectivity index (χ3v) is 4.35. The number of ether oxygens (including phenoxy) is 1. The fraction of sp³-hybridized carbons (Fsp3) is 0.312. The molecule has 0 unspecified atom stereocenters. The SMILES string of the molecule is O=C(Nc1ccc(SCc2ccccc2)nn1)[C@H]1COCCN1. The lowest BCUT2D eigenvalue weighted by Gasteiger charge is -2.22. The van der Waals surface area contributed by atoms with Crippen molar-refractivity contribution in [3.05, 3.63) is 48.0 Å². The van der Waals surface area contributed by atoms with Gasteiger partial charge in [-0.05, 0) is 17.7 Å². The number of morpholine rings is 1. The van der Waals surface area contributed by atoms with Crippen LogP contribution in [0.3, 0.4) is 0 Å². The van der Waals surface area contributed by atoms with Crippen LogP contribution in [-0.2, 0) is 15.3 Å². The van der Waals surface area contributed by atoms with Crippen LogP contribution in [-0.4, -0.2) is 41.9 Å². The summed E-state index contributed by atoms with van der Waals surface area (Å²) in [4.78, 5) is 12.0. The van der Waals surface area contributed by atoms with Crippen molar-refractivity contribution in [2.45, 2.75) is 16.8 Å². The van der Waals surface area contributed by atoms with E-state index in [0.29, 0.717) is 25.6 Å². The molecular weight excluding hydrogens is 312 g/mol. The molecule has 0 radical (unpaired) electrons. The molecule has 0 aliphatic carbocycles. The molecule has 2 aromatic rings. The Labute approximate surface area is 139 Å². The molecule has 2 N–H and O–H groups in total. The number of benzene rings is 1. The highest BCUT2D eigenvalue weighted by molar-refractivity contribution is 7.98. The first-order valence-corrected chi connectivity index (χ1v) is 8.42. The molecule has 1 amide bonds. The van der Waals surface area contributed by atoms with Gasteiger partial charge in [-0.1, -0.05) is 42.1 Å². The summed E-state index contributed by atoms with van der Waals surface area (Å²) in [6.07, 6.45) is 0. The van der Waals surface area contributed by atoms with Gasteiger partial charge in [0.05, 0.1) is 13.2 Å². The van der Waals surface area contributed by atoms with Crippen LogP contribution in [0.25, 0.3) is 0 Å². The van der Waals surface area contributed by atoms with E-state index in [0.717, 1.165) is 10.8 Å². The van der Waals surface area contributed by atoms with E-state index in [2.05, 4.69) is 33.0 Å². The maximum atomic E-state index is 12.0. The van der Waals surface area contributed by atoms with Crippen LogP contribution in [0.2, 0.25) is 0 Å². The Hall–Kier alpha value is -1.96. The summed E-state index contributed by atoms with van der Waals surface area (Å²) < 4.78 is 5.27. The summed E-state index contributed by atoms with van der Waals surface area (Å²) in [5.74, 6) is 1.14. The zero-order chi connectivity index (χ0) is 15.9. The summed E-state index contributed by atoms with van der Waals surface area (Å²) in [6.45, 7) is 1.69. The zero-order valence-electron chi connectivity index (χ0n) is 12.6. The average Bonchev–Trinajstić information content (AvgIpc) is 2.63. The van der Waals surface area contributed by atoms with Crippen molar-refractivity contribution in [1.29, 1.82) is 0 Å². The van der Waals surface area contributed by atoms with Crippen molar-refractivity contribution in [2.75, 3.05) is 25.1 Å². The zero-order valence-corrected chi connectivity index (χ0v) is 13.4. The summed E-state index contributed by atoms with van der Waals surface area (Å²) in [6, 6.07) is 13.5. The minimum atomic E-state index is -0.335. The Balaban J connectivity index is 1.51. The van der Waals surface area contributed by atoms with Crippen molar-refractivity contribution >= 4 is 23.5 Å². The van der Waals surface area contributed by atoms with Gasteiger partial charge in [0.25, 0.3) is 0 Å². The van der Waals surface area contributed by atoms with Crippen LogP contribution in [0.4, 0.5) is 5.82 Å². The van der Waals surface area contributed by atoms with Gasteiger partial charge in [0.2, 0.25) is 5.91 Å². The maximum absolute atomic E-state index is 12.0. The number of anilines is 1. The fourth-order valence-corrected chi connectivity index (χ4v) is 2.91. The number of rotatable bonds is 5. The molecule has 3 rings (SSSR count). The van der Waals surface area contributed by atoms with Gasteiger partial charge in [-0.25, -0.2) is 0 Å². The molecule has 2 heterocycles. The quantitative estimate of drug-likeness (QED) is 0.813. The number of hydrogen-bond acceptors (Lipinski definition) is 6. The molecule has 6 nitrogen and oxygen atoms in total. The predicted molar refractivity (Wildman–Crippen MR) is 89.3 cm³/mol. The molecule has 1 aromatic heterocycles. The van der Waals surface area contributed by atoms with Crippen molar-refractivity contribution in [1.82, 2.24) is 15.5 Å². The Morgan fingerprint density at radius 3 is 2.83 bits per heavy atom. The van der Waals surface area contributed by atoms with Gasteiger partial charge in [0, 0.05) is 12.3 Å². The number of nitrogens with zero attached hydrogens (tertiary/aromatic N) is 2. The van der Waals surface area contributed by atoms with Crippen LogP contribution in [0, 0.1) is 0 Å². The first kappa shape index (κ1) is 15.9. The summed E-state index contributed by atoms with van der Waals surface area (Å²) in [7, 11) is 0. The number of thioether (sulfide) groups is 1. The maximum Gasteiger partial charge on any atom is 0.245 e. The highest BCUT2D eigenvalue weighted by Gasteiger charge is 2.21. The molecule has 1 atom stereocenters. The van der Waals surface area contributed by atoms with E-state index < -0.39 is 0 Å². The van der Waals surface area contributed by atoms with Crippen molar-refractivity contribution in [3.63, 3.8) is 0 Å². The van der Waals surface area contributed by atoms with E-state index in [-0.39, 0.29) is 11.9 Å². The first-order valence-electron chi connectivity index (χ1n) is 7.44. The molecule has 1 saturated heterocycles. The minimum Gasteiger partial charge on any atom is -0.378 e. The minimum absolute atomic E-state index is 0.149. The average molecular weight is 330 g/mol. The van der Waals surface area contributed by atoms with E-state index in [4.69, 9.17) is 4.74 Å². The first-order chi connectivity index (χ1) is 11.3. The summed E-state index contributed by atoms with van der Waals surface area (Å²) >= 11 is 1.61. The van der Waals surface area contributed by atoms with Crippen molar-refractivity contribution in [2.24, 2.45) is 0 Å². The second kappa shape index (κ2) is 8.05. The van der Waals surface area contributed by atoms with Gasteiger partial charge in [0.15, 0.2) is 5.82 Å². The van der Waals surface area contributed by atoms with E-state index in [1.807, 2.05) is 24.3 Å². The largest absolute Gasteiger partial charge is 0.378 e. The molecule has 23 heavy (non-hydrogen) atoms. The molecule has 1 aliphatic rings. The molecule has 1 aliphatic heterocycles. The Morgan fingerprint density at radius 2 is 2.13 bits per heavy atom. The van der Waals surface area contributed by atoms with Gasteiger partial charge < -0.3 is 15.4 Å². The smallest absolute Gasteiger partial charge is 0.245 e. The Bertz CT molecular complexity index is 630. The van der Waals surface area contributed by atoms with E-state index in [1.54, 1.807) is 17.8 Å². The molecule has 120 valence electrons. The van der Waals surface area contributed by atoms with Crippen LogP contribution in [0.15, 0.2) is 47.5 Å². The molecule has 1 fully saturated rings. The van der Waals surface area contributed by atoms with Gasteiger partial charge in [-0.2, -0.15) is 0 Å². The number of nitrogens with one attached hydrogen (secondary N) is 2. The second-order valence-corrected chi connectivity index (χ2v) is 6.10. The highest BCUT2D eigenvalue weighted by Crippen LogP contribution is 2.20. The van der Waals surface area contributed by atoms with Crippen LogP contribution >= 0.6 is 11.8 Å². The lowest BCUT2D eigenvalue weighted by atomic mass is 10.2. The molecule has 0 spiro atoms. The van der Waals surface area contributed by atoms with Gasteiger partial charge >= 0.3 is 0 Å². The monoisotopic (exact) mass is 330 g/mol. The Morgan fingerprint density at radius 1 is 1.26 bits per heavy atom. The lowest BCUT2D eigenvalue weighted by Crippen LogP contribution is -2.48. The predicted octanol–water partition coefficient (Wildman–Crippen LogP) is 1.70. The normalized spacial score (nSPS) is 17.7. The van der Waals surface area contributed by atoms with Gasteiger partial charge in [-0.15, -0.1) is 10.2 Å². The number of carbonyl (C=O) groups excluding carboxylic acids is 1.